The second kappa shape index (κ2) is 12.4. The Hall–Kier alpha value is -3.19. The number of nitrogens with one attached hydrogen (secondary N) is 1. The minimum Gasteiger partial charge on any atom is -0.496 e. The van der Waals surface area contributed by atoms with E-state index in [1.807, 2.05) is 50.2 Å². The lowest BCUT2D eigenvalue weighted by molar-refractivity contribution is -0.00397. The van der Waals surface area contributed by atoms with Crippen LogP contribution in [0.1, 0.15) is 59.5 Å². The molecule has 2 atom stereocenters. The van der Waals surface area contributed by atoms with Gasteiger partial charge >= 0.3 is 5.97 Å². The Morgan fingerprint density at radius 2 is 1.76 bits per heavy atom. The van der Waals surface area contributed by atoms with E-state index in [0.717, 1.165) is 34.4 Å². The van der Waals surface area contributed by atoms with Crippen LogP contribution in [-0.2, 0) is 11.2 Å². The number of carboxylic acid groups (broad SMARTS) is 1. The molecule has 0 aliphatic heterocycles. The summed E-state index contributed by atoms with van der Waals surface area (Å²) >= 11 is 0. The van der Waals surface area contributed by atoms with Crippen molar-refractivity contribution in [2.75, 3.05) is 20.3 Å². The fourth-order valence-electron chi connectivity index (χ4n) is 4.53. The van der Waals surface area contributed by atoms with Crippen LogP contribution in [0, 0.1) is 13.8 Å². The van der Waals surface area contributed by atoms with E-state index >= 15 is 0 Å². The maximum Gasteiger partial charge on any atom is 0.335 e. The number of rotatable bonds is 12. The largest absolute Gasteiger partial charge is 0.496 e. The maximum atomic E-state index is 11.4. The average molecular weight is 506 g/mol. The highest BCUT2D eigenvalue weighted by molar-refractivity contribution is 5.90. The summed E-state index contributed by atoms with van der Waals surface area (Å²) < 4.78 is 11.5. The van der Waals surface area contributed by atoms with Crippen LogP contribution in [0.3, 0.4) is 0 Å². The summed E-state index contributed by atoms with van der Waals surface area (Å²) in [6, 6.07) is 19.5. The van der Waals surface area contributed by atoms with Gasteiger partial charge in [-0.15, -0.1) is 0 Å². The Kier molecular flexibility index (Phi) is 9.49. The molecular formula is C31H39NO5. The summed E-state index contributed by atoms with van der Waals surface area (Å²) in [6.45, 7) is 10.6. The molecule has 0 aliphatic rings. The molecule has 0 spiro atoms. The van der Waals surface area contributed by atoms with Crippen molar-refractivity contribution in [3.63, 3.8) is 0 Å². The number of hydrogen-bond donors (Lipinski definition) is 3. The van der Waals surface area contributed by atoms with Crippen molar-refractivity contribution in [1.29, 1.82) is 0 Å². The summed E-state index contributed by atoms with van der Waals surface area (Å²) in [5, 5.41) is 23.4. The second-order valence-corrected chi connectivity index (χ2v) is 10.3. The number of aromatic carboxylic acids is 1. The van der Waals surface area contributed by atoms with Crippen molar-refractivity contribution in [2.24, 2.45) is 0 Å². The number of aliphatic hydroxyl groups excluding tert-OH is 1. The third kappa shape index (κ3) is 7.65. The number of carboxylic acids is 1. The molecule has 1 unspecified atom stereocenters. The van der Waals surface area contributed by atoms with Crippen LogP contribution in [0.25, 0.3) is 11.1 Å². The van der Waals surface area contributed by atoms with Crippen LogP contribution >= 0.6 is 0 Å². The predicted octanol–water partition coefficient (Wildman–Crippen LogP) is 5.73. The zero-order chi connectivity index (χ0) is 27.2. The van der Waals surface area contributed by atoms with Crippen molar-refractivity contribution in [1.82, 2.24) is 5.32 Å². The lowest BCUT2D eigenvalue weighted by atomic mass is 9.94. The number of carbonyl (C=O) groups is 1. The van der Waals surface area contributed by atoms with Crippen LogP contribution in [0.5, 0.6) is 5.75 Å². The Bertz CT molecular complexity index is 1220. The Labute approximate surface area is 220 Å². The van der Waals surface area contributed by atoms with Crippen LogP contribution in [0.2, 0.25) is 0 Å². The summed E-state index contributed by atoms with van der Waals surface area (Å²) in [5.41, 5.74) is 5.96. The van der Waals surface area contributed by atoms with Gasteiger partial charge in [0.15, 0.2) is 0 Å². The van der Waals surface area contributed by atoms with Crippen molar-refractivity contribution in [3.05, 3.63) is 88.5 Å². The third-order valence-electron chi connectivity index (χ3n) is 6.64. The Morgan fingerprint density at radius 1 is 1.03 bits per heavy atom. The van der Waals surface area contributed by atoms with E-state index < -0.39 is 12.1 Å². The highest BCUT2D eigenvalue weighted by Gasteiger charge is 2.21. The van der Waals surface area contributed by atoms with Gasteiger partial charge in [-0.3, -0.25) is 0 Å². The Balaban J connectivity index is 1.59. The molecule has 3 rings (SSSR count). The summed E-state index contributed by atoms with van der Waals surface area (Å²) in [6.07, 6.45) is -0.127. The average Bonchev–Trinajstić information content (AvgIpc) is 2.86. The number of β-amino-alcohol motifs (C(OH)–C–C–N with tert-alkyl or cyclic N) is 1. The van der Waals surface area contributed by atoms with Gasteiger partial charge in [0.25, 0.3) is 0 Å². The Morgan fingerprint density at radius 3 is 2.43 bits per heavy atom. The number of aliphatic hydroxyl groups is 1. The molecule has 6 nitrogen and oxygen atoms in total. The van der Waals surface area contributed by atoms with Crippen molar-refractivity contribution >= 4 is 5.97 Å². The predicted molar refractivity (Wildman–Crippen MR) is 147 cm³/mol. The molecule has 0 fully saturated rings. The zero-order valence-electron chi connectivity index (χ0n) is 22.7. The van der Waals surface area contributed by atoms with Crippen molar-refractivity contribution in [3.8, 4) is 16.9 Å². The molecule has 0 saturated heterocycles. The van der Waals surface area contributed by atoms with E-state index in [-0.39, 0.29) is 18.2 Å². The van der Waals surface area contributed by atoms with E-state index in [4.69, 9.17) is 9.47 Å². The number of hydrogen-bond acceptors (Lipinski definition) is 5. The second-order valence-electron chi connectivity index (χ2n) is 10.3. The molecular weight excluding hydrogens is 466 g/mol. The third-order valence-corrected chi connectivity index (χ3v) is 6.64. The fraction of sp³-hybridized carbons (Fsp3) is 0.387. The van der Waals surface area contributed by atoms with Gasteiger partial charge in [-0.25, -0.2) is 4.79 Å². The molecule has 3 N–H and O–H groups in total. The highest BCUT2D eigenvalue weighted by Crippen LogP contribution is 2.31. The molecule has 0 aromatic heterocycles. The number of aryl methyl sites for hydroxylation is 2. The topological polar surface area (TPSA) is 88.0 Å². The quantitative estimate of drug-likeness (QED) is 0.292. The van der Waals surface area contributed by atoms with Gasteiger partial charge in [-0.1, -0.05) is 48.5 Å². The first-order valence-corrected chi connectivity index (χ1v) is 12.6. The normalized spacial score (nSPS) is 13.3. The van der Waals surface area contributed by atoms with E-state index in [1.54, 1.807) is 20.1 Å². The van der Waals surface area contributed by atoms with Crippen molar-refractivity contribution in [2.45, 2.75) is 58.8 Å². The number of benzene rings is 3. The van der Waals surface area contributed by atoms with Crippen LogP contribution in [0.4, 0.5) is 0 Å². The van der Waals surface area contributed by atoms with Gasteiger partial charge in [0.1, 0.15) is 5.75 Å². The molecule has 37 heavy (non-hydrogen) atoms. The molecule has 0 bridgehead atoms. The van der Waals surface area contributed by atoms with Gasteiger partial charge < -0.3 is 25.0 Å². The van der Waals surface area contributed by atoms with Gasteiger partial charge in [-0.2, -0.15) is 0 Å². The lowest BCUT2D eigenvalue weighted by Gasteiger charge is -2.28. The summed E-state index contributed by atoms with van der Waals surface area (Å²) in [5.74, 6) is -0.0533. The van der Waals surface area contributed by atoms with Crippen LogP contribution in [0.15, 0.2) is 60.7 Å². The molecule has 0 radical (unpaired) electrons. The molecule has 0 aliphatic carbocycles. The summed E-state index contributed by atoms with van der Waals surface area (Å²) in [4.78, 5) is 11.4. The van der Waals surface area contributed by atoms with Gasteiger partial charge in [0, 0.05) is 12.1 Å². The van der Waals surface area contributed by atoms with Crippen LogP contribution < -0.4 is 10.1 Å². The monoisotopic (exact) mass is 505 g/mol. The summed E-state index contributed by atoms with van der Waals surface area (Å²) in [7, 11) is 1.68. The lowest BCUT2D eigenvalue weighted by Crippen LogP contribution is -2.46. The van der Waals surface area contributed by atoms with E-state index in [1.165, 1.54) is 5.56 Å². The molecule has 0 amide bonds. The molecule has 0 saturated carbocycles. The fourth-order valence-corrected chi connectivity index (χ4v) is 4.53. The molecule has 6 heteroatoms. The van der Waals surface area contributed by atoms with Crippen LogP contribution in [-0.4, -0.2) is 48.1 Å². The zero-order valence-corrected chi connectivity index (χ0v) is 22.7. The van der Waals surface area contributed by atoms with Gasteiger partial charge in [0.05, 0.1) is 31.5 Å². The minimum absolute atomic E-state index is 0.188. The molecule has 198 valence electrons. The molecule has 3 aromatic carbocycles. The van der Waals surface area contributed by atoms with E-state index in [0.29, 0.717) is 17.7 Å². The van der Waals surface area contributed by atoms with Gasteiger partial charge in [0.2, 0.25) is 0 Å². The molecule has 0 heterocycles. The number of methoxy groups -OCH3 is 1. The van der Waals surface area contributed by atoms with E-state index in [9.17, 15) is 15.0 Å². The first-order chi connectivity index (χ1) is 17.5. The minimum atomic E-state index is -0.932. The first-order valence-electron chi connectivity index (χ1n) is 12.6. The van der Waals surface area contributed by atoms with Crippen molar-refractivity contribution < 1.29 is 24.5 Å². The SMILES string of the molecule is COc1cc(CC(C)(C)NC[C@@H](O)COC(C)c2ccccc2-c2ccc(C(=O)O)c(C)c2)ccc1C. The standard InChI is InChI=1S/C31H39NO5/c1-20-11-12-23(16-29(20)36-6)17-31(4,5)32-18-25(33)19-37-22(3)27-9-7-8-10-28(27)24-13-14-26(30(34)35)21(2)15-24/h7-16,22,25,32-33H,17-19H2,1-6H3,(H,34,35)/t22?,25-/m1/s1. The highest BCUT2D eigenvalue weighted by atomic mass is 16.5. The molecule has 3 aromatic rings. The van der Waals surface area contributed by atoms with E-state index in [2.05, 4.69) is 37.4 Å². The number of ether oxygens (including phenoxy) is 2. The smallest absolute Gasteiger partial charge is 0.335 e. The first kappa shape index (κ1) is 28.4. The van der Waals surface area contributed by atoms with Gasteiger partial charge in [-0.05, 0) is 86.6 Å². The maximum absolute atomic E-state index is 11.4.